The third kappa shape index (κ3) is 2.58. The number of halogens is 1. The molecule has 0 fully saturated rings. The highest BCUT2D eigenvalue weighted by Crippen LogP contribution is 2.32. The maximum atomic E-state index is 12.3. The van der Waals surface area contributed by atoms with Gasteiger partial charge in [-0.15, -0.1) is 11.3 Å². The zero-order chi connectivity index (χ0) is 15.0. The number of nitrogens with zero attached hydrogens (tertiary/aromatic N) is 3. The molecule has 0 atom stereocenters. The van der Waals surface area contributed by atoms with Crippen LogP contribution >= 0.6 is 34.7 Å². The molecule has 10 heteroatoms. The topological polar surface area (TPSA) is 95.7 Å². The predicted molar refractivity (Wildman–Crippen MR) is 82.3 cm³/mol. The number of anilines is 1. The maximum absolute atomic E-state index is 12.3. The van der Waals surface area contributed by atoms with E-state index in [0.29, 0.717) is 15.9 Å². The van der Waals surface area contributed by atoms with Crippen molar-refractivity contribution < 1.29 is 8.42 Å². The van der Waals surface area contributed by atoms with Crippen LogP contribution in [0.25, 0.3) is 11.0 Å². The van der Waals surface area contributed by atoms with Gasteiger partial charge in [-0.1, -0.05) is 11.6 Å². The highest BCUT2D eigenvalue weighted by Gasteiger charge is 2.21. The molecule has 1 N–H and O–H groups in total. The molecule has 0 aliphatic carbocycles. The first kappa shape index (κ1) is 14.2. The highest BCUT2D eigenvalue weighted by atomic mass is 35.5. The second-order valence-corrected chi connectivity index (χ2v) is 7.82. The van der Waals surface area contributed by atoms with Gasteiger partial charge in [0.05, 0.1) is 22.4 Å². The van der Waals surface area contributed by atoms with Crippen LogP contribution in [0.1, 0.15) is 4.88 Å². The minimum absolute atomic E-state index is 0.0373. The summed E-state index contributed by atoms with van der Waals surface area (Å²) in [6, 6.07) is 7.94. The Labute approximate surface area is 133 Å². The van der Waals surface area contributed by atoms with Crippen LogP contribution in [0.2, 0.25) is 5.02 Å². The Kier molecular flexibility index (Phi) is 3.54. The molecule has 3 aromatic rings. The Morgan fingerprint density at radius 2 is 2.05 bits per heavy atom. The molecule has 1 aromatic carbocycles. The molecule has 0 bridgehead atoms. The number of hydrogen-bond acceptors (Lipinski definition) is 7. The number of rotatable bonds is 3. The Morgan fingerprint density at radius 1 is 1.24 bits per heavy atom. The van der Waals surface area contributed by atoms with Crippen LogP contribution in [0.3, 0.4) is 0 Å². The van der Waals surface area contributed by atoms with Gasteiger partial charge in [0.1, 0.15) is 26.2 Å². The van der Waals surface area contributed by atoms with E-state index in [9.17, 15) is 8.42 Å². The van der Waals surface area contributed by atoms with Gasteiger partial charge >= 0.3 is 0 Å². The van der Waals surface area contributed by atoms with E-state index in [1.165, 1.54) is 12.1 Å². The number of aromatic nitrogens is 2. The number of sulfonamides is 1. The molecule has 21 heavy (non-hydrogen) atoms. The van der Waals surface area contributed by atoms with Crippen LogP contribution in [0.4, 0.5) is 5.69 Å². The molecular formula is C11H5ClN4O2S3. The molecule has 0 spiro atoms. The Morgan fingerprint density at radius 3 is 2.76 bits per heavy atom. The van der Waals surface area contributed by atoms with E-state index in [4.69, 9.17) is 16.9 Å². The third-order valence-corrected chi connectivity index (χ3v) is 6.26. The monoisotopic (exact) mass is 356 g/mol. The number of thiophene rings is 1. The number of hydrogen-bond donors (Lipinski definition) is 1. The third-order valence-electron chi connectivity index (χ3n) is 2.57. The summed E-state index contributed by atoms with van der Waals surface area (Å²) in [5, 5.41) is 9.00. The van der Waals surface area contributed by atoms with Crippen LogP contribution in [0.15, 0.2) is 28.5 Å². The van der Waals surface area contributed by atoms with Crippen molar-refractivity contribution in [2.45, 2.75) is 4.21 Å². The van der Waals surface area contributed by atoms with Crippen molar-refractivity contribution in [1.29, 1.82) is 5.26 Å². The van der Waals surface area contributed by atoms with Gasteiger partial charge in [-0.05, 0) is 24.3 Å². The molecule has 6 nitrogen and oxygen atoms in total. The number of nitriles is 1. The summed E-state index contributed by atoms with van der Waals surface area (Å²) >= 11 is 7.90. The van der Waals surface area contributed by atoms with Gasteiger partial charge < -0.3 is 0 Å². The van der Waals surface area contributed by atoms with E-state index in [1.54, 1.807) is 12.1 Å². The Hall–Kier alpha value is -1.73. The molecule has 106 valence electrons. The zero-order valence-electron chi connectivity index (χ0n) is 10.1. The lowest BCUT2D eigenvalue weighted by atomic mass is 10.3. The van der Waals surface area contributed by atoms with Gasteiger partial charge in [-0.3, -0.25) is 4.72 Å². The van der Waals surface area contributed by atoms with E-state index >= 15 is 0 Å². The molecule has 0 aliphatic heterocycles. The first-order valence-electron chi connectivity index (χ1n) is 5.45. The van der Waals surface area contributed by atoms with Crippen LogP contribution in [0, 0.1) is 11.3 Å². The molecule has 0 amide bonds. The SMILES string of the molecule is N#Cc1ccc(S(=O)(=O)Nc2c(Cl)ccc3nsnc23)s1. The zero-order valence-corrected chi connectivity index (χ0v) is 13.3. The smallest absolute Gasteiger partial charge is 0.271 e. The molecule has 0 saturated heterocycles. The molecule has 2 heterocycles. The van der Waals surface area contributed by atoms with Crippen molar-refractivity contribution in [3.05, 3.63) is 34.2 Å². The average molecular weight is 357 g/mol. The molecular weight excluding hydrogens is 352 g/mol. The van der Waals surface area contributed by atoms with E-state index in [0.717, 1.165) is 23.1 Å². The Bertz CT molecular complexity index is 971. The molecule has 3 rings (SSSR count). The number of nitrogens with one attached hydrogen (secondary N) is 1. The van der Waals surface area contributed by atoms with Gasteiger partial charge in [-0.25, -0.2) is 8.42 Å². The lowest BCUT2D eigenvalue weighted by Crippen LogP contribution is -2.12. The summed E-state index contributed by atoms with van der Waals surface area (Å²) < 4.78 is 35.2. The van der Waals surface area contributed by atoms with Crippen LogP contribution < -0.4 is 4.72 Å². The normalized spacial score (nSPS) is 11.4. The van der Waals surface area contributed by atoms with Gasteiger partial charge in [-0.2, -0.15) is 14.0 Å². The number of fused-ring (bicyclic) bond motifs is 1. The standard InChI is InChI=1S/C11H5ClN4O2S3/c12-7-2-3-8-11(15-20-14-8)10(7)16-21(17,18)9-4-1-6(5-13)19-9/h1-4,16H. The highest BCUT2D eigenvalue weighted by molar-refractivity contribution is 7.94. The van der Waals surface area contributed by atoms with Crippen molar-refractivity contribution in [1.82, 2.24) is 8.75 Å². The average Bonchev–Trinajstić information content (AvgIpc) is 3.10. The molecule has 0 radical (unpaired) electrons. The lowest BCUT2D eigenvalue weighted by Gasteiger charge is -2.08. The summed E-state index contributed by atoms with van der Waals surface area (Å²) in [5.41, 5.74) is 1.15. The second-order valence-electron chi connectivity index (χ2n) is 3.89. The summed E-state index contributed by atoms with van der Waals surface area (Å²) in [5.74, 6) is 0. The summed E-state index contributed by atoms with van der Waals surface area (Å²) in [4.78, 5) is 0.315. The molecule has 2 aromatic heterocycles. The van der Waals surface area contributed by atoms with Crippen molar-refractivity contribution in [2.75, 3.05) is 4.72 Å². The first-order valence-corrected chi connectivity index (χ1v) is 8.85. The van der Waals surface area contributed by atoms with E-state index in [1.807, 2.05) is 6.07 Å². The molecule has 0 aliphatic rings. The van der Waals surface area contributed by atoms with Gasteiger partial charge in [0, 0.05) is 0 Å². The minimum Gasteiger partial charge on any atom is -0.275 e. The van der Waals surface area contributed by atoms with Crippen molar-refractivity contribution in [2.24, 2.45) is 0 Å². The fourth-order valence-corrected chi connectivity index (χ4v) is 4.62. The second kappa shape index (κ2) is 5.23. The van der Waals surface area contributed by atoms with E-state index in [-0.39, 0.29) is 14.9 Å². The quantitative estimate of drug-likeness (QED) is 0.777. The van der Waals surface area contributed by atoms with Crippen molar-refractivity contribution in [3.63, 3.8) is 0 Å². The summed E-state index contributed by atoms with van der Waals surface area (Å²) in [7, 11) is -3.82. The fraction of sp³-hybridized carbons (Fsp3) is 0. The maximum Gasteiger partial charge on any atom is 0.271 e. The Balaban J connectivity index is 2.07. The van der Waals surface area contributed by atoms with Gasteiger partial charge in [0.25, 0.3) is 10.0 Å². The lowest BCUT2D eigenvalue weighted by molar-refractivity contribution is 0.603. The molecule has 0 unspecified atom stereocenters. The van der Waals surface area contributed by atoms with Crippen LogP contribution in [-0.4, -0.2) is 17.2 Å². The number of benzene rings is 1. The summed E-state index contributed by atoms with van der Waals surface area (Å²) in [6.07, 6.45) is 0. The summed E-state index contributed by atoms with van der Waals surface area (Å²) in [6.45, 7) is 0. The fourth-order valence-electron chi connectivity index (χ4n) is 1.63. The largest absolute Gasteiger partial charge is 0.275 e. The van der Waals surface area contributed by atoms with Crippen molar-refractivity contribution in [3.8, 4) is 6.07 Å². The van der Waals surface area contributed by atoms with Crippen LogP contribution in [-0.2, 0) is 10.0 Å². The first-order chi connectivity index (χ1) is 10.0. The minimum atomic E-state index is -3.82. The van der Waals surface area contributed by atoms with E-state index < -0.39 is 10.0 Å². The van der Waals surface area contributed by atoms with Crippen molar-refractivity contribution >= 4 is 61.4 Å². The van der Waals surface area contributed by atoms with Gasteiger partial charge in [0.15, 0.2) is 0 Å². The predicted octanol–water partition coefficient (Wildman–Crippen LogP) is 3.08. The van der Waals surface area contributed by atoms with Gasteiger partial charge in [0.2, 0.25) is 0 Å². The molecule has 0 saturated carbocycles. The van der Waals surface area contributed by atoms with E-state index in [2.05, 4.69) is 13.5 Å². The van der Waals surface area contributed by atoms with Crippen LogP contribution in [0.5, 0.6) is 0 Å².